The van der Waals surface area contributed by atoms with Crippen molar-refractivity contribution in [2.24, 2.45) is 5.92 Å². The Bertz CT molecular complexity index is 908. The van der Waals surface area contributed by atoms with Crippen LogP contribution < -0.4 is 5.32 Å². The molecule has 26 heavy (non-hydrogen) atoms. The molecule has 0 saturated heterocycles. The van der Waals surface area contributed by atoms with Crippen molar-refractivity contribution < 1.29 is 4.79 Å². The third-order valence-corrected chi connectivity index (χ3v) is 5.21. The zero-order chi connectivity index (χ0) is 18.1. The van der Waals surface area contributed by atoms with E-state index in [-0.39, 0.29) is 23.8 Å². The molecule has 0 spiro atoms. The molecular formula is C20H19ClN4O. The summed E-state index contributed by atoms with van der Waals surface area (Å²) in [6.45, 7) is 2.00. The molecule has 1 heterocycles. The Hall–Kier alpha value is -2.66. The average molecular weight is 367 g/mol. The van der Waals surface area contributed by atoms with Crippen LogP contribution in [0.15, 0.2) is 61.2 Å². The van der Waals surface area contributed by atoms with E-state index in [2.05, 4.69) is 15.4 Å². The van der Waals surface area contributed by atoms with Crippen LogP contribution in [0.1, 0.15) is 36.4 Å². The Kier molecular flexibility index (Phi) is 4.47. The zero-order valence-electron chi connectivity index (χ0n) is 14.3. The number of halogens is 1. The molecule has 1 saturated carbocycles. The number of nitrogens with zero attached hydrogens (tertiary/aromatic N) is 3. The van der Waals surface area contributed by atoms with Gasteiger partial charge in [0, 0.05) is 10.9 Å². The van der Waals surface area contributed by atoms with Crippen LogP contribution in [0.25, 0.3) is 5.69 Å². The lowest BCUT2D eigenvalue weighted by atomic mass is 10.1. The first-order valence-corrected chi connectivity index (χ1v) is 9.01. The number of nitrogens with one attached hydrogen (secondary N) is 1. The number of aromatic nitrogens is 3. The number of hydrogen-bond acceptors (Lipinski definition) is 3. The Labute approximate surface area is 157 Å². The number of benzene rings is 2. The predicted molar refractivity (Wildman–Crippen MR) is 100 cm³/mol. The molecule has 2 aromatic carbocycles. The van der Waals surface area contributed by atoms with Gasteiger partial charge in [0.15, 0.2) is 0 Å². The molecule has 1 aliphatic rings. The summed E-state index contributed by atoms with van der Waals surface area (Å²) in [5.74, 6) is 0.320. The van der Waals surface area contributed by atoms with E-state index in [1.165, 1.54) is 6.33 Å². The minimum Gasteiger partial charge on any atom is -0.349 e. The summed E-state index contributed by atoms with van der Waals surface area (Å²) in [6, 6.07) is 15.6. The quantitative estimate of drug-likeness (QED) is 0.745. The molecule has 1 fully saturated rings. The lowest BCUT2D eigenvalue weighted by Crippen LogP contribution is -2.28. The first-order valence-electron chi connectivity index (χ1n) is 8.63. The number of hydrogen-bond donors (Lipinski definition) is 1. The van der Waals surface area contributed by atoms with Gasteiger partial charge in [0.25, 0.3) is 0 Å². The van der Waals surface area contributed by atoms with Gasteiger partial charge in [-0.3, -0.25) is 4.79 Å². The minimum atomic E-state index is -0.0557. The molecule has 3 unspecified atom stereocenters. The third-order valence-electron chi connectivity index (χ3n) is 4.87. The van der Waals surface area contributed by atoms with Crippen molar-refractivity contribution in [3.8, 4) is 5.69 Å². The highest BCUT2D eigenvalue weighted by atomic mass is 35.5. The number of amides is 1. The van der Waals surface area contributed by atoms with E-state index >= 15 is 0 Å². The lowest BCUT2D eigenvalue weighted by Gasteiger charge is -2.15. The van der Waals surface area contributed by atoms with E-state index < -0.39 is 0 Å². The highest BCUT2D eigenvalue weighted by Crippen LogP contribution is 2.49. The van der Waals surface area contributed by atoms with Gasteiger partial charge in [-0.2, -0.15) is 5.10 Å². The minimum absolute atomic E-state index is 0.00627. The number of carbonyl (C=O) groups excluding carboxylic acids is 1. The van der Waals surface area contributed by atoms with Crippen LogP contribution in [0, 0.1) is 5.92 Å². The summed E-state index contributed by atoms with van der Waals surface area (Å²) in [5, 5.41) is 7.97. The molecule has 0 bridgehead atoms. The molecular weight excluding hydrogens is 348 g/mol. The molecule has 1 aliphatic carbocycles. The van der Waals surface area contributed by atoms with Gasteiger partial charge in [-0.15, -0.1) is 0 Å². The Morgan fingerprint density at radius 2 is 2.00 bits per heavy atom. The summed E-state index contributed by atoms with van der Waals surface area (Å²) in [4.78, 5) is 16.5. The zero-order valence-corrected chi connectivity index (χ0v) is 15.1. The van der Waals surface area contributed by atoms with Gasteiger partial charge in [-0.05, 0) is 48.6 Å². The lowest BCUT2D eigenvalue weighted by molar-refractivity contribution is -0.123. The van der Waals surface area contributed by atoms with Crippen LogP contribution in [0.2, 0.25) is 5.02 Å². The summed E-state index contributed by atoms with van der Waals surface area (Å²) < 4.78 is 1.70. The molecule has 3 atom stereocenters. The predicted octanol–water partition coefficient (Wildman–Crippen LogP) is 3.90. The van der Waals surface area contributed by atoms with Gasteiger partial charge >= 0.3 is 0 Å². The maximum absolute atomic E-state index is 12.6. The van der Waals surface area contributed by atoms with Gasteiger partial charge in [0.1, 0.15) is 12.7 Å². The van der Waals surface area contributed by atoms with Crippen molar-refractivity contribution >= 4 is 17.5 Å². The van der Waals surface area contributed by atoms with Crippen molar-refractivity contribution in [2.45, 2.75) is 25.3 Å². The van der Waals surface area contributed by atoms with Crippen LogP contribution in [-0.4, -0.2) is 20.7 Å². The maximum atomic E-state index is 12.6. The normalized spacial score (nSPS) is 19.8. The SMILES string of the molecule is CC(NC(=O)C1CC1c1ccccc1Cl)c1ccc(-n2cncn2)cc1. The second kappa shape index (κ2) is 6.92. The van der Waals surface area contributed by atoms with Crippen molar-refractivity contribution in [3.63, 3.8) is 0 Å². The van der Waals surface area contributed by atoms with Crippen molar-refractivity contribution in [2.75, 3.05) is 0 Å². The van der Waals surface area contributed by atoms with Crippen molar-refractivity contribution in [1.82, 2.24) is 20.1 Å². The number of rotatable bonds is 5. The fourth-order valence-electron chi connectivity index (χ4n) is 3.27. The molecule has 3 aromatic rings. The van der Waals surface area contributed by atoms with Crippen molar-refractivity contribution in [3.05, 3.63) is 77.3 Å². The van der Waals surface area contributed by atoms with Gasteiger partial charge < -0.3 is 5.32 Å². The van der Waals surface area contributed by atoms with Gasteiger partial charge in [0.2, 0.25) is 5.91 Å². The van der Waals surface area contributed by atoms with Crippen LogP contribution in [0.3, 0.4) is 0 Å². The summed E-state index contributed by atoms with van der Waals surface area (Å²) >= 11 is 6.24. The topological polar surface area (TPSA) is 59.8 Å². The van der Waals surface area contributed by atoms with E-state index in [4.69, 9.17) is 11.6 Å². The molecule has 1 N–H and O–H groups in total. The van der Waals surface area contributed by atoms with E-state index in [1.807, 2.05) is 55.5 Å². The first-order chi connectivity index (χ1) is 12.6. The summed E-state index contributed by atoms with van der Waals surface area (Å²) in [6.07, 6.45) is 4.01. The van der Waals surface area contributed by atoms with Crippen LogP contribution in [-0.2, 0) is 4.79 Å². The Balaban J connectivity index is 1.38. The molecule has 5 nitrogen and oxygen atoms in total. The van der Waals surface area contributed by atoms with E-state index in [0.717, 1.165) is 28.3 Å². The maximum Gasteiger partial charge on any atom is 0.224 e. The molecule has 0 radical (unpaired) electrons. The molecule has 132 valence electrons. The molecule has 1 aromatic heterocycles. The van der Waals surface area contributed by atoms with Crippen molar-refractivity contribution in [1.29, 1.82) is 0 Å². The molecule has 6 heteroatoms. The summed E-state index contributed by atoms with van der Waals surface area (Å²) in [5.41, 5.74) is 3.06. The average Bonchev–Trinajstić information content (AvgIpc) is 3.26. The standard InChI is InChI=1S/C20H19ClN4O/c1-13(14-6-8-15(9-7-14)25-12-22-11-23-25)24-20(26)18-10-17(18)16-4-2-3-5-19(16)21/h2-9,11-13,17-18H,10H2,1H3,(H,24,26). The smallest absolute Gasteiger partial charge is 0.224 e. The highest BCUT2D eigenvalue weighted by Gasteiger charge is 2.45. The van der Waals surface area contributed by atoms with E-state index in [1.54, 1.807) is 11.0 Å². The number of carbonyl (C=O) groups is 1. The summed E-state index contributed by atoms with van der Waals surface area (Å²) in [7, 11) is 0. The molecule has 0 aliphatic heterocycles. The van der Waals surface area contributed by atoms with Gasteiger partial charge in [-0.1, -0.05) is 41.9 Å². The van der Waals surface area contributed by atoms with Crippen LogP contribution >= 0.6 is 11.6 Å². The monoisotopic (exact) mass is 366 g/mol. The second-order valence-corrected chi connectivity index (χ2v) is 7.04. The van der Waals surface area contributed by atoms with Gasteiger partial charge in [-0.25, -0.2) is 9.67 Å². The molecule has 1 amide bonds. The second-order valence-electron chi connectivity index (χ2n) is 6.63. The fraction of sp³-hybridized carbons (Fsp3) is 0.250. The fourth-order valence-corrected chi connectivity index (χ4v) is 3.54. The van der Waals surface area contributed by atoms with E-state index in [0.29, 0.717) is 0 Å². The van der Waals surface area contributed by atoms with Crippen LogP contribution in [0.4, 0.5) is 0 Å². The van der Waals surface area contributed by atoms with E-state index in [9.17, 15) is 4.79 Å². The third kappa shape index (κ3) is 3.35. The largest absolute Gasteiger partial charge is 0.349 e. The van der Waals surface area contributed by atoms with Crippen LogP contribution in [0.5, 0.6) is 0 Å². The Morgan fingerprint density at radius 3 is 2.69 bits per heavy atom. The van der Waals surface area contributed by atoms with Gasteiger partial charge in [0.05, 0.1) is 11.7 Å². The highest BCUT2D eigenvalue weighted by molar-refractivity contribution is 6.31. The first kappa shape index (κ1) is 16.8. The Morgan fingerprint density at radius 1 is 1.23 bits per heavy atom. The molecule has 4 rings (SSSR count).